The minimum absolute atomic E-state index is 0.144. The monoisotopic (exact) mass is 330 g/mol. The highest BCUT2D eigenvalue weighted by Gasteiger charge is 2.25. The Morgan fingerprint density at radius 1 is 1.33 bits per heavy atom. The van der Waals surface area contributed by atoms with E-state index in [0.29, 0.717) is 24.3 Å². The summed E-state index contributed by atoms with van der Waals surface area (Å²) in [5.74, 6) is -0.973. The number of rotatable bonds is 7. The number of likely N-dealkylation sites (N-methyl/N-ethyl adjacent to an activating group) is 1. The zero-order chi connectivity index (χ0) is 17.7. The molecule has 2 N–H and O–H groups in total. The van der Waals surface area contributed by atoms with Gasteiger partial charge < -0.3 is 19.7 Å². The van der Waals surface area contributed by atoms with Gasteiger partial charge in [0.1, 0.15) is 11.8 Å². The molecule has 0 radical (unpaired) electrons. The number of carbonyl (C=O) groups is 3. The van der Waals surface area contributed by atoms with E-state index in [9.17, 15) is 14.4 Å². The van der Waals surface area contributed by atoms with Gasteiger partial charge in [0.2, 0.25) is 0 Å². The van der Waals surface area contributed by atoms with Crippen LogP contribution in [0.4, 0.5) is 5.69 Å². The molecule has 1 aromatic heterocycles. The van der Waals surface area contributed by atoms with Crippen molar-refractivity contribution >= 4 is 23.9 Å². The van der Waals surface area contributed by atoms with E-state index in [-0.39, 0.29) is 11.1 Å². The van der Waals surface area contributed by atoms with E-state index < -0.39 is 17.9 Å². The van der Waals surface area contributed by atoms with Crippen LogP contribution in [-0.2, 0) is 11.3 Å². The van der Waals surface area contributed by atoms with Gasteiger partial charge in [0.05, 0.1) is 23.9 Å². The van der Waals surface area contributed by atoms with Crippen molar-refractivity contribution in [2.24, 2.45) is 0 Å². The Morgan fingerprint density at radius 2 is 2.08 bits per heavy atom. The van der Waals surface area contributed by atoms with Crippen LogP contribution in [0.3, 0.4) is 0 Å². The molecule has 1 unspecified atom stereocenters. The number of benzene rings is 1. The largest absolute Gasteiger partial charge is 0.480 e. The van der Waals surface area contributed by atoms with Gasteiger partial charge in [-0.1, -0.05) is 6.07 Å². The highest BCUT2D eigenvalue weighted by molar-refractivity contribution is 6.05. The molecule has 0 saturated heterocycles. The summed E-state index contributed by atoms with van der Waals surface area (Å²) in [4.78, 5) is 36.1. The Hall–Kier alpha value is -3.09. The topological polar surface area (TPSA) is 99.8 Å². The Morgan fingerprint density at radius 3 is 2.67 bits per heavy atom. The third-order valence-electron chi connectivity index (χ3n) is 3.75. The number of aldehydes is 1. The lowest BCUT2D eigenvalue weighted by Crippen LogP contribution is -2.40. The van der Waals surface area contributed by atoms with Crippen LogP contribution in [0.15, 0.2) is 41.0 Å². The smallest absolute Gasteiger partial charge is 0.326 e. The summed E-state index contributed by atoms with van der Waals surface area (Å²) in [6.07, 6.45) is 2.12. The number of aliphatic carboxylic acids is 1. The first-order chi connectivity index (χ1) is 11.5. The second-order valence-electron chi connectivity index (χ2n) is 5.25. The van der Waals surface area contributed by atoms with E-state index in [2.05, 4.69) is 5.32 Å². The summed E-state index contributed by atoms with van der Waals surface area (Å²) in [5.41, 5.74) is 0.798. The number of anilines is 1. The van der Waals surface area contributed by atoms with Gasteiger partial charge in [0.15, 0.2) is 6.29 Å². The number of carboxylic acid groups (broad SMARTS) is 1. The second-order valence-corrected chi connectivity index (χ2v) is 5.25. The van der Waals surface area contributed by atoms with Crippen molar-refractivity contribution in [2.75, 3.05) is 12.4 Å². The fourth-order valence-corrected chi connectivity index (χ4v) is 2.16. The number of nitrogens with one attached hydrogen (secondary N) is 1. The molecule has 0 bridgehead atoms. The van der Waals surface area contributed by atoms with Crippen LogP contribution in [-0.4, -0.2) is 41.3 Å². The predicted octanol–water partition coefficient (Wildman–Crippen LogP) is 2.25. The molecule has 126 valence electrons. The van der Waals surface area contributed by atoms with Crippen molar-refractivity contribution in [1.82, 2.24) is 4.90 Å². The maximum absolute atomic E-state index is 12.5. The number of hydrogen-bond donors (Lipinski definition) is 2. The lowest BCUT2D eigenvalue weighted by molar-refractivity contribution is -0.141. The van der Waals surface area contributed by atoms with Gasteiger partial charge in [-0.2, -0.15) is 0 Å². The van der Waals surface area contributed by atoms with E-state index in [0.717, 1.165) is 4.90 Å². The standard InChI is InChI=1S/C17H18N2O5/c1-11(17(22)23)19(2)16(21)13-6-3-7-15(14(13)10-20)18-9-12-5-4-8-24-12/h3-8,10-11,18H,9H2,1-2H3,(H,22,23). The van der Waals surface area contributed by atoms with Gasteiger partial charge in [-0.3, -0.25) is 9.59 Å². The number of hydrogen-bond acceptors (Lipinski definition) is 5. The van der Waals surface area contributed by atoms with Gasteiger partial charge in [-0.25, -0.2) is 4.79 Å². The van der Waals surface area contributed by atoms with Crippen LogP contribution in [0.2, 0.25) is 0 Å². The molecule has 24 heavy (non-hydrogen) atoms. The highest BCUT2D eigenvalue weighted by Crippen LogP contribution is 2.21. The third-order valence-corrected chi connectivity index (χ3v) is 3.75. The molecule has 1 atom stereocenters. The normalized spacial score (nSPS) is 11.6. The van der Waals surface area contributed by atoms with Crippen molar-refractivity contribution in [3.8, 4) is 0 Å². The summed E-state index contributed by atoms with van der Waals surface area (Å²) in [7, 11) is 1.39. The zero-order valence-corrected chi connectivity index (χ0v) is 13.4. The zero-order valence-electron chi connectivity index (χ0n) is 13.4. The van der Waals surface area contributed by atoms with Crippen LogP contribution < -0.4 is 5.32 Å². The SMILES string of the molecule is CC(C(=O)O)N(C)C(=O)c1cccc(NCc2ccco2)c1C=O. The molecule has 7 heteroatoms. The summed E-state index contributed by atoms with van der Waals surface area (Å²) in [6, 6.07) is 7.32. The van der Waals surface area contributed by atoms with Crippen LogP contribution >= 0.6 is 0 Å². The van der Waals surface area contributed by atoms with Gasteiger partial charge >= 0.3 is 5.97 Å². The van der Waals surface area contributed by atoms with E-state index in [1.54, 1.807) is 30.5 Å². The molecule has 0 aliphatic carbocycles. The molecule has 1 amide bonds. The van der Waals surface area contributed by atoms with Crippen molar-refractivity contribution in [3.05, 3.63) is 53.5 Å². The maximum atomic E-state index is 12.5. The Labute approximate surface area is 138 Å². The number of carboxylic acids is 1. The average Bonchev–Trinajstić information content (AvgIpc) is 3.10. The number of nitrogens with zero attached hydrogens (tertiary/aromatic N) is 1. The molecule has 0 aliphatic rings. The van der Waals surface area contributed by atoms with Crippen LogP contribution in [0.5, 0.6) is 0 Å². The number of furan rings is 1. The Kier molecular flexibility index (Phi) is 5.36. The van der Waals surface area contributed by atoms with Crippen LogP contribution in [0, 0.1) is 0 Å². The number of carbonyl (C=O) groups excluding carboxylic acids is 2. The quantitative estimate of drug-likeness (QED) is 0.755. The molecule has 0 spiro atoms. The van der Waals surface area contributed by atoms with Gasteiger partial charge in [0.25, 0.3) is 5.91 Å². The molecule has 2 rings (SSSR count). The molecular formula is C17H18N2O5. The van der Waals surface area contributed by atoms with Crippen molar-refractivity contribution in [1.29, 1.82) is 0 Å². The van der Waals surface area contributed by atoms with E-state index in [4.69, 9.17) is 9.52 Å². The summed E-state index contributed by atoms with van der Waals surface area (Å²) < 4.78 is 5.21. The van der Waals surface area contributed by atoms with E-state index in [1.165, 1.54) is 20.0 Å². The molecule has 0 aliphatic heterocycles. The highest BCUT2D eigenvalue weighted by atomic mass is 16.4. The molecule has 1 aromatic carbocycles. The second kappa shape index (κ2) is 7.45. The minimum Gasteiger partial charge on any atom is -0.480 e. The average molecular weight is 330 g/mol. The summed E-state index contributed by atoms with van der Waals surface area (Å²) >= 11 is 0. The predicted molar refractivity (Wildman–Crippen MR) is 87.1 cm³/mol. The summed E-state index contributed by atoms with van der Waals surface area (Å²) in [6.45, 7) is 1.76. The molecule has 7 nitrogen and oxygen atoms in total. The Bertz CT molecular complexity index is 739. The van der Waals surface area contributed by atoms with E-state index in [1.807, 2.05) is 0 Å². The summed E-state index contributed by atoms with van der Waals surface area (Å²) in [5, 5.41) is 12.1. The third kappa shape index (κ3) is 3.62. The molecule has 2 aromatic rings. The minimum atomic E-state index is -1.12. The lowest BCUT2D eigenvalue weighted by atomic mass is 10.0. The molecule has 0 fully saturated rings. The molecule has 0 saturated carbocycles. The first kappa shape index (κ1) is 17.3. The van der Waals surface area contributed by atoms with Gasteiger partial charge in [-0.05, 0) is 31.2 Å². The fraction of sp³-hybridized carbons (Fsp3) is 0.235. The Balaban J connectivity index is 2.27. The number of amides is 1. The maximum Gasteiger partial charge on any atom is 0.326 e. The van der Waals surface area contributed by atoms with Crippen molar-refractivity contribution < 1.29 is 23.9 Å². The molecule has 1 heterocycles. The molecular weight excluding hydrogens is 312 g/mol. The van der Waals surface area contributed by atoms with Crippen LogP contribution in [0.25, 0.3) is 0 Å². The van der Waals surface area contributed by atoms with Gasteiger partial charge in [0, 0.05) is 12.7 Å². The van der Waals surface area contributed by atoms with E-state index >= 15 is 0 Å². The first-order valence-corrected chi connectivity index (χ1v) is 7.30. The van der Waals surface area contributed by atoms with Crippen molar-refractivity contribution in [2.45, 2.75) is 19.5 Å². The fourth-order valence-electron chi connectivity index (χ4n) is 2.16. The van der Waals surface area contributed by atoms with Crippen LogP contribution in [0.1, 0.15) is 33.4 Å². The lowest BCUT2D eigenvalue weighted by Gasteiger charge is -2.22. The van der Waals surface area contributed by atoms with Crippen molar-refractivity contribution in [3.63, 3.8) is 0 Å². The first-order valence-electron chi connectivity index (χ1n) is 7.30. The van der Waals surface area contributed by atoms with Gasteiger partial charge in [-0.15, -0.1) is 0 Å².